The third-order valence-electron chi connectivity index (χ3n) is 4.70. The van der Waals surface area contributed by atoms with E-state index in [4.69, 9.17) is 0 Å². The van der Waals surface area contributed by atoms with Crippen LogP contribution in [0.3, 0.4) is 0 Å². The van der Waals surface area contributed by atoms with Gasteiger partial charge in [0.15, 0.2) is 0 Å². The minimum absolute atomic E-state index is 0.135. The molecule has 37 heavy (non-hydrogen) atoms. The molecule has 3 aromatic rings. The highest BCUT2D eigenvalue weighted by Gasteiger charge is 2.20. The molecule has 2 aromatic carbocycles. The quantitative estimate of drug-likeness (QED) is 0.158. The Bertz CT molecular complexity index is 1320. The zero-order valence-corrected chi connectivity index (χ0v) is 21.7. The Balaban J connectivity index is 1.83. The van der Waals surface area contributed by atoms with E-state index in [0.717, 1.165) is 8.42 Å². The van der Waals surface area contributed by atoms with Crippen LogP contribution in [0.15, 0.2) is 67.2 Å². The number of thiophene rings is 1. The van der Waals surface area contributed by atoms with E-state index >= 15 is 0 Å². The second-order valence-corrected chi connectivity index (χ2v) is 10.0. The minimum atomic E-state index is -0.749. The molecule has 3 rings (SSSR count). The fourth-order valence-corrected chi connectivity index (χ4v) is 5.85. The van der Waals surface area contributed by atoms with E-state index < -0.39 is 21.7 Å². The molecular weight excluding hydrogens is 540 g/mol. The molecule has 0 aliphatic carbocycles. The van der Waals surface area contributed by atoms with Gasteiger partial charge in [0.05, 0.1) is 30.7 Å². The van der Waals surface area contributed by atoms with Gasteiger partial charge in [0.2, 0.25) is 0 Å². The minimum Gasteiger partial charge on any atom is -0.267 e. The third kappa shape index (κ3) is 6.58. The number of thioether (sulfide) groups is 2. The van der Waals surface area contributed by atoms with Crippen LogP contribution in [0, 0.1) is 20.2 Å². The SMILES string of the molecule is CSc1sc(SC)c(/C=N\NC(=O)c2ccccc2[N+](=O)[O-])c1/C=N\NC(=O)c1ccccc1[N+](=O)[O-]. The van der Waals surface area contributed by atoms with Gasteiger partial charge in [0, 0.05) is 23.3 Å². The molecule has 2 amide bonds. The van der Waals surface area contributed by atoms with Crippen LogP contribution in [0.25, 0.3) is 0 Å². The summed E-state index contributed by atoms with van der Waals surface area (Å²) >= 11 is 4.32. The molecule has 0 radical (unpaired) electrons. The average Bonchev–Trinajstić information content (AvgIpc) is 3.24. The van der Waals surface area contributed by atoms with Gasteiger partial charge in [-0.3, -0.25) is 29.8 Å². The summed E-state index contributed by atoms with van der Waals surface area (Å²) in [5, 5.41) is 30.3. The average molecular weight is 559 g/mol. The van der Waals surface area contributed by atoms with Crippen molar-refractivity contribution in [3.8, 4) is 0 Å². The summed E-state index contributed by atoms with van der Waals surface area (Å²) in [5.74, 6) is -1.50. The van der Waals surface area contributed by atoms with Crippen LogP contribution in [0.4, 0.5) is 11.4 Å². The first-order chi connectivity index (χ1) is 17.8. The summed E-state index contributed by atoms with van der Waals surface area (Å²) in [6.45, 7) is 0. The maximum absolute atomic E-state index is 12.5. The lowest BCUT2D eigenvalue weighted by molar-refractivity contribution is -0.385. The van der Waals surface area contributed by atoms with E-state index in [1.165, 1.54) is 95.8 Å². The molecule has 0 saturated carbocycles. The van der Waals surface area contributed by atoms with Gasteiger partial charge in [0.1, 0.15) is 11.1 Å². The normalized spacial score (nSPS) is 11.1. The number of nitrogens with one attached hydrogen (secondary N) is 2. The number of benzene rings is 2. The van der Waals surface area contributed by atoms with Crippen molar-refractivity contribution < 1.29 is 19.4 Å². The summed E-state index contributed by atoms with van der Waals surface area (Å²) in [7, 11) is 0. The Kier molecular flexibility index (Phi) is 9.48. The van der Waals surface area contributed by atoms with Crippen molar-refractivity contribution in [2.75, 3.05) is 12.5 Å². The molecule has 12 nitrogen and oxygen atoms in total. The smallest absolute Gasteiger partial charge is 0.267 e. The van der Waals surface area contributed by atoms with Crippen molar-refractivity contribution in [1.82, 2.24) is 10.9 Å². The molecule has 0 spiro atoms. The summed E-state index contributed by atoms with van der Waals surface area (Å²) in [6, 6.07) is 11.0. The summed E-state index contributed by atoms with van der Waals surface area (Å²) < 4.78 is 1.69. The molecule has 0 atom stereocenters. The molecule has 1 aromatic heterocycles. The number of carbonyl (C=O) groups is 2. The Labute approximate surface area is 222 Å². The predicted molar refractivity (Wildman–Crippen MR) is 144 cm³/mol. The van der Waals surface area contributed by atoms with Crippen LogP contribution in [0.5, 0.6) is 0 Å². The van der Waals surface area contributed by atoms with Crippen LogP contribution in [0.2, 0.25) is 0 Å². The standard InChI is InChI=1S/C22H18N6O6S3/c1-35-21-15(11-23-25-19(29)13-7-3-5-9-17(13)27(31)32)16(22(36-2)37-21)12-24-26-20(30)14-8-4-6-10-18(14)28(33)34/h3-12H,1-2H3,(H,25,29)(H,26,30)/b23-11-,24-12-. The van der Waals surface area contributed by atoms with Crippen molar-refractivity contribution in [3.05, 3.63) is 91.0 Å². The van der Waals surface area contributed by atoms with E-state index in [-0.39, 0.29) is 22.5 Å². The molecule has 190 valence electrons. The number of hydrogen-bond donors (Lipinski definition) is 2. The largest absolute Gasteiger partial charge is 0.282 e. The maximum atomic E-state index is 12.5. The van der Waals surface area contributed by atoms with Crippen molar-refractivity contribution in [2.24, 2.45) is 10.2 Å². The topological polar surface area (TPSA) is 169 Å². The highest BCUT2D eigenvalue weighted by atomic mass is 32.2. The van der Waals surface area contributed by atoms with E-state index in [1.54, 1.807) is 0 Å². The maximum Gasteiger partial charge on any atom is 0.282 e. The molecule has 0 saturated heterocycles. The molecular formula is C22H18N6O6S3. The molecule has 0 aliphatic heterocycles. The van der Waals surface area contributed by atoms with Gasteiger partial charge in [0.25, 0.3) is 23.2 Å². The lowest BCUT2D eigenvalue weighted by atomic mass is 10.2. The fourth-order valence-electron chi connectivity index (χ4n) is 3.04. The molecule has 1 heterocycles. The molecule has 15 heteroatoms. The van der Waals surface area contributed by atoms with E-state index in [9.17, 15) is 29.8 Å². The predicted octanol–water partition coefficient (Wildman–Crippen LogP) is 4.54. The lowest BCUT2D eigenvalue weighted by Crippen LogP contribution is -2.19. The number of nitrogens with zero attached hydrogens (tertiary/aromatic N) is 4. The van der Waals surface area contributed by atoms with Gasteiger partial charge < -0.3 is 0 Å². The van der Waals surface area contributed by atoms with Gasteiger partial charge in [-0.05, 0) is 24.6 Å². The Morgan fingerprint density at radius 3 is 1.51 bits per heavy atom. The zero-order chi connectivity index (χ0) is 26.9. The van der Waals surface area contributed by atoms with Gasteiger partial charge in [-0.25, -0.2) is 10.9 Å². The summed E-state index contributed by atoms with van der Waals surface area (Å²) in [4.78, 5) is 46.0. The van der Waals surface area contributed by atoms with Crippen molar-refractivity contribution in [2.45, 2.75) is 8.42 Å². The first-order valence-corrected chi connectivity index (χ1v) is 13.4. The Morgan fingerprint density at radius 1 is 0.784 bits per heavy atom. The van der Waals surface area contributed by atoms with E-state index in [1.807, 2.05) is 12.5 Å². The molecule has 0 bridgehead atoms. The molecule has 0 unspecified atom stereocenters. The second-order valence-electron chi connectivity index (χ2n) is 6.86. The van der Waals surface area contributed by atoms with Crippen LogP contribution in [-0.2, 0) is 0 Å². The van der Waals surface area contributed by atoms with E-state index in [2.05, 4.69) is 21.1 Å². The number of nitro benzene ring substituents is 2. The molecule has 0 fully saturated rings. The first kappa shape index (κ1) is 27.5. The molecule has 0 aliphatic rings. The first-order valence-electron chi connectivity index (χ1n) is 10.2. The number of amides is 2. The Hall–Kier alpha value is -4.08. The van der Waals surface area contributed by atoms with Crippen molar-refractivity contribution in [3.63, 3.8) is 0 Å². The summed E-state index contributed by atoms with van der Waals surface area (Å²) in [5.41, 5.74) is 4.85. The summed E-state index contributed by atoms with van der Waals surface area (Å²) in [6.07, 6.45) is 6.49. The lowest BCUT2D eigenvalue weighted by Gasteiger charge is -2.03. The number of hydrazone groups is 2. The molecule has 2 N–H and O–H groups in total. The van der Waals surface area contributed by atoms with Crippen LogP contribution >= 0.6 is 34.9 Å². The van der Waals surface area contributed by atoms with Gasteiger partial charge in [-0.15, -0.1) is 34.9 Å². The van der Waals surface area contributed by atoms with Gasteiger partial charge in [-0.2, -0.15) is 10.2 Å². The van der Waals surface area contributed by atoms with Crippen molar-refractivity contribution >= 4 is 70.5 Å². The van der Waals surface area contributed by atoms with Gasteiger partial charge in [-0.1, -0.05) is 24.3 Å². The fraction of sp³-hybridized carbons (Fsp3) is 0.0909. The van der Waals surface area contributed by atoms with Gasteiger partial charge >= 0.3 is 0 Å². The van der Waals surface area contributed by atoms with Crippen LogP contribution in [-0.4, -0.2) is 46.6 Å². The van der Waals surface area contributed by atoms with Crippen LogP contribution in [0.1, 0.15) is 31.8 Å². The third-order valence-corrected chi connectivity index (χ3v) is 8.19. The Morgan fingerprint density at radius 2 is 1.16 bits per heavy atom. The van der Waals surface area contributed by atoms with E-state index in [0.29, 0.717) is 11.1 Å². The number of rotatable bonds is 10. The second kappa shape index (κ2) is 12.8. The van der Waals surface area contributed by atoms with Crippen molar-refractivity contribution in [1.29, 1.82) is 0 Å². The zero-order valence-electron chi connectivity index (χ0n) is 19.2. The number of para-hydroxylation sites is 2. The van der Waals surface area contributed by atoms with Crippen LogP contribution < -0.4 is 10.9 Å². The number of hydrogen-bond acceptors (Lipinski definition) is 11. The highest BCUT2D eigenvalue weighted by molar-refractivity contribution is 8.02. The highest BCUT2D eigenvalue weighted by Crippen LogP contribution is 2.38. The number of carbonyl (C=O) groups excluding carboxylic acids is 2. The number of nitro groups is 2. The monoisotopic (exact) mass is 558 g/mol.